The van der Waals surface area contributed by atoms with E-state index in [1.54, 1.807) is 0 Å². The van der Waals surface area contributed by atoms with Crippen molar-refractivity contribution in [1.29, 1.82) is 0 Å². The number of nitrogens with one attached hydrogen (secondary N) is 1. The molecule has 0 aromatic heterocycles. The average Bonchev–Trinajstić information content (AvgIpc) is 3.10. The summed E-state index contributed by atoms with van der Waals surface area (Å²) >= 11 is 5.67. The number of halogens is 2. The minimum absolute atomic E-state index is 0.0401. The minimum Gasteiger partial charge on any atom is -0.482 e. The van der Waals surface area contributed by atoms with Crippen molar-refractivity contribution in [2.45, 2.75) is 32.3 Å². The molecule has 3 rings (SSSR count). The van der Waals surface area contributed by atoms with Crippen LogP contribution < -0.4 is 10.1 Å². The summed E-state index contributed by atoms with van der Waals surface area (Å²) in [4.78, 5) is 24.0. The molecule has 142 valence electrons. The first-order valence-corrected chi connectivity index (χ1v) is 9.00. The van der Waals surface area contributed by atoms with Gasteiger partial charge >= 0.3 is 5.97 Å². The monoisotopic (exact) mass is 391 g/mol. The lowest BCUT2D eigenvalue weighted by molar-refractivity contribution is -0.155. The van der Waals surface area contributed by atoms with Gasteiger partial charge in [-0.1, -0.05) is 17.7 Å². The van der Waals surface area contributed by atoms with Gasteiger partial charge in [-0.2, -0.15) is 0 Å². The second-order valence-corrected chi connectivity index (χ2v) is 6.75. The highest BCUT2D eigenvalue weighted by Crippen LogP contribution is 2.26. The van der Waals surface area contributed by atoms with E-state index in [1.807, 2.05) is 18.2 Å². The molecular weight excluding hydrogens is 373 g/mol. The highest BCUT2D eigenvalue weighted by molar-refractivity contribution is 6.30. The predicted molar refractivity (Wildman–Crippen MR) is 99.6 cm³/mol. The number of carbonyl (C=O) groups excluding carboxylic acids is 2. The quantitative estimate of drug-likeness (QED) is 0.758. The molecule has 5 nitrogen and oxygen atoms in total. The maximum absolute atomic E-state index is 13.7. The molecule has 2 aromatic carbocycles. The molecule has 0 spiro atoms. The summed E-state index contributed by atoms with van der Waals surface area (Å²) in [5.41, 5.74) is 2.50. The van der Waals surface area contributed by atoms with E-state index in [0.29, 0.717) is 5.75 Å². The van der Waals surface area contributed by atoms with Crippen LogP contribution in [0.25, 0.3) is 0 Å². The third kappa shape index (κ3) is 4.98. The Morgan fingerprint density at radius 2 is 1.96 bits per heavy atom. The van der Waals surface area contributed by atoms with Crippen LogP contribution in [0.5, 0.6) is 5.75 Å². The van der Waals surface area contributed by atoms with Crippen molar-refractivity contribution in [3.63, 3.8) is 0 Å². The molecule has 0 bridgehead atoms. The van der Waals surface area contributed by atoms with Gasteiger partial charge in [0.15, 0.2) is 12.7 Å². The summed E-state index contributed by atoms with van der Waals surface area (Å²) in [5.74, 6) is -1.42. The molecule has 0 saturated carbocycles. The Bertz CT molecular complexity index is 871. The third-order valence-electron chi connectivity index (χ3n) is 4.29. The van der Waals surface area contributed by atoms with Gasteiger partial charge < -0.3 is 14.8 Å². The summed E-state index contributed by atoms with van der Waals surface area (Å²) < 4.78 is 24.2. The zero-order chi connectivity index (χ0) is 19.4. The number of aryl methyl sites for hydroxylation is 2. The summed E-state index contributed by atoms with van der Waals surface area (Å²) in [6.07, 6.45) is 2.10. The standard InChI is InChI=1S/C20H19ClFNO4/c1-12(20(25)23-18-8-6-15(21)10-17(18)22)27-19(24)11-26-16-7-5-13-3-2-4-14(13)9-16/h5-10,12H,2-4,11H2,1H3,(H,23,25). The highest BCUT2D eigenvalue weighted by atomic mass is 35.5. The Morgan fingerprint density at radius 1 is 1.19 bits per heavy atom. The molecule has 27 heavy (non-hydrogen) atoms. The maximum atomic E-state index is 13.7. The van der Waals surface area contributed by atoms with Crippen LogP contribution in [-0.2, 0) is 27.2 Å². The molecule has 0 fully saturated rings. The number of anilines is 1. The van der Waals surface area contributed by atoms with E-state index in [9.17, 15) is 14.0 Å². The van der Waals surface area contributed by atoms with Crippen LogP contribution in [0.15, 0.2) is 36.4 Å². The zero-order valence-corrected chi connectivity index (χ0v) is 15.5. The Morgan fingerprint density at radius 3 is 2.74 bits per heavy atom. The third-order valence-corrected chi connectivity index (χ3v) is 4.53. The fraction of sp³-hybridized carbons (Fsp3) is 0.300. The van der Waals surface area contributed by atoms with Gasteiger partial charge in [-0.3, -0.25) is 4.79 Å². The van der Waals surface area contributed by atoms with Crippen molar-refractivity contribution in [2.24, 2.45) is 0 Å². The van der Waals surface area contributed by atoms with Gasteiger partial charge in [0.05, 0.1) is 5.69 Å². The first kappa shape index (κ1) is 19.2. The summed E-state index contributed by atoms with van der Waals surface area (Å²) in [5, 5.41) is 2.57. The normalized spacial score (nSPS) is 13.6. The molecular formula is C20H19ClFNO4. The fourth-order valence-electron chi connectivity index (χ4n) is 2.89. The van der Waals surface area contributed by atoms with Crippen molar-refractivity contribution >= 4 is 29.2 Å². The average molecular weight is 392 g/mol. The molecule has 0 aliphatic heterocycles. The van der Waals surface area contributed by atoms with Gasteiger partial charge in [-0.15, -0.1) is 0 Å². The van der Waals surface area contributed by atoms with Crippen LogP contribution in [-0.4, -0.2) is 24.6 Å². The van der Waals surface area contributed by atoms with Gasteiger partial charge in [0.2, 0.25) is 0 Å². The van der Waals surface area contributed by atoms with Crippen LogP contribution in [0, 0.1) is 5.82 Å². The first-order valence-electron chi connectivity index (χ1n) is 8.62. The predicted octanol–water partition coefficient (Wildman–Crippen LogP) is 3.92. The Balaban J connectivity index is 1.48. The summed E-state index contributed by atoms with van der Waals surface area (Å²) in [6.45, 7) is 1.09. The van der Waals surface area contributed by atoms with E-state index in [1.165, 1.54) is 30.2 Å². The maximum Gasteiger partial charge on any atom is 0.344 e. The van der Waals surface area contributed by atoms with Crippen molar-refractivity contribution in [2.75, 3.05) is 11.9 Å². The lowest BCUT2D eigenvalue weighted by atomic mass is 10.1. The molecule has 2 aromatic rings. The molecule has 0 saturated heterocycles. The minimum atomic E-state index is -1.10. The number of amides is 1. The second-order valence-electron chi connectivity index (χ2n) is 6.32. The van der Waals surface area contributed by atoms with E-state index in [4.69, 9.17) is 21.1 Å². The van der Waals surface area contributed by atoms with Gasteiger partial charge in [0, 0.05) is 5.02 Å². The number of benzene rings is 2. The van der Waals surface area contributed by atoms with Gasteiger partial charge in [-0.25, -0.2) is 9.18 Å². The van der Waals surface area contributed by atoms with Gasteiger partial charge in [-0.05, 0) is 67.6 Å². The van der Waals surface area contributed by atoms with E-state index in [-0.39, 0.29) is 17.3 Å². The topological polar surface area (TPSA) is 64.6 Å². The van der Waals surface area contributed by atoms with Gasteiger partial charge in [0.25, 0.3) is 5.91 Å². The van der Waals surface area contributed by atoms with E-state index >= 15 is 0 Å². The van der Waals surface area contributed by atoms with E-state index < -0.39 is 23.8 Å². The smallest absolute Gasteiger partial charge is 0.344 e. The number of fused-ring (bicyclic) bond motifs is 1. The molecule has 0 radical (unpaired) electrons. The number of rotatable bonds is 6. The van der Waals surface area contributed by atoms with E-state index in [2.05, 4.69) is 5.32 Å². The van der Waals surface area contributed by atoms with Crippen molar-refractivity contribution in [3.8, 4) is 5.75 Å². The number of hydrogen-bond donors (Lipinski definition) is 1. The lowest BCUT2D eigenvalue weighted by Gasteiger charge is -2.14. The molecule has 1 aliphatic carbocycles. The van der Waals surface area contributed by atoms with Crippen molar-refractivity contribution < 1.29 is 23.5 Å². The van der Waals surface area contributed by atoms with Gasteiger partial charge in [0.1, 0.15) is 11.6 Å². The second kappa shape index (κ2) is 8.39. The fourth-order valence-corrected chi connectivity index (χ4v) is 3.05. The lowest BCUT2D eigenvalue weighted by Crippen LogP contribution is -2.32. The molecule has 1 aliphatic rings. The molecule has 1 N–H and O–H groups in total. The highest BCUT2D eigenvalue weighted by Gasteiger charge is 2.20. The first-order chi connectivity index (χ1) is 12.9. The Hall–Kier alpha value is -2.60. The molecule has 0 heterocycles. The molecule has 7 heteroatoms. The SMILES string of the molecule is CC(OC(=O)COc1ccc2c(c1)CCC2)C(=O)Nc1ccc(Cl)cc1F. The number of ether oxygens (including phenoxy) is 2. The van der Waals surface area contributed by atoms with E-state index in [0.717, 1.165) is 25.3 Å². The number of carbonyl (C=O) groups is 2. The van der Waals surface area contributed by atoms with Crippen molar-refractivity contribution in [3.05, 3.63) is 58.4 Å². The van der Waals surface area contributed by atoms with Crippen LogP contribution in [0.1, 0.15) is 24.5 Å². The molecule has 1 unspecified atom stereocenters. The number of esters is 1. The van der Waals surface area contributed by atoms with Crippen molar-refractivity contribution in [1.82, 2.24) is 0 Å². The zero-order valence-electron chi connectivity index (χ0n) is 14.8. The molecule has 1 amide bonds. The summed E-state index contributed by atoms with van der Waals surface area (Å²) in [7, 11) is 0. The van der Waals surface area contributed by atoms with Crippen LogP contribution >= 0.6 is 11.6 Å². The van der Waals surface area contributed by atoms with Crippen LogP contribution in [0.4, 0.5) is 10.1 Å². The molecule has 1 atom stereocenters. The largest absolute Gasteiger partial charge is 0.482 e. The Labute approximate surface area is 161 Å². The summed E-state index contributed by atoms with van der Waals surface area (Å²) in [6, 6.07) is 9.60. The number of hydrogen-bond acceptors (Lipinski definition) is 4. The Kier molecular flexibility index (Phi) is 5.96. The van der Waals surface area contributed by atoms with Crippen LogP contribution in [0.3, 0.4) is 0 Å². The van der Waals surface area contributed by atoms with Crippen LogP contribution in [0.2, 0.25) is 5.02 Å².